The van der Waals surface area contributed by atoms with Crippen LogP contribution in [0.5, 0.6) is 0 Å². The van der Waals surface area contributed by atoms with E-state index in [1.54, 1.807) is 10.7 Å². The van der Waals surface area contributed by atoms with Crippen molar-refractivity contribution >= 4 is 0 Å². The molecule has 0 aliphatic rings. The maximum Gasteiger partial charge on any atom is 0.162 e. The second kappa shape index (κ2) is 5.90. The molecule has 1 heterocycles. The van der Waals surface area contributed by atoms with Gasteiger partial charge < -0.3 is 0 Å². The van der Waals surface area contributed by atoms with Crippen molar-refractivity contribution in [2.75, 3.05) is 0 Å². The summed E-state index contributed by atoms with van der Waals surface area (Å²) in [6, 6.07) is 5.81. The van der Waals surface area contributed by atoms with Gasteiger partial charge in [-0.2, -0.15) is 5.10 Å². The summed E-state index contributed by atoms with van der Waals surface area (Å²) >= 11 is 0. The minimum Gasteiger partial charge on any atom is -0.276 e. The maximum absolute atomic E-state index is 13.6. The molecule has 0 bridgehead atoms. The predicted octanol–water partition coefficient (Wildman–Crippen LogP) is 1.32. The fraction of sp³-hybridized carbons (Fsp3) is 0.308. The molecule has 0 radical (unpaired) electrons. The highest BCUT2D eigenvalue weighted by Crippen LogP contribution is 2.14. The minimum absolute atomic E-state index is 0.203. The van der Waals surface area contributed by atoms with Crippen LogP contribution in [0.25, 0.3) is 0 Å². The normalized spacial score (nSPS) is 12.6. The van der Waals surface area contributed by atoms with E-state index in [9.17, 15) is 8.78 Å². The van der Waals surface area contributed by atoms with Crippen LogP contribution in [0, 0.1) is 11.6 Å². The number of hydrogen-bond donors (Lipinski definition) is 2. The highest BCUT2D eigenvalue weighted by Gasteiger charge is 2.15. The van der Waals surface area contributed by atoms with Crippen LogP contribution in [-0.4, -0.2) is 15.8 Å². The predicted molar refractivity (Wildman–Crippen MR) is 68.1 cm³/mol. The van der Waals surface area contributed by atoms with E-state index in [4.69, 9.17) is 5.84 Å². The molecule has 0 aliphatic heterocycles. The summed E-state index contributed by atoms with van der Waals surface area (Å²) in [7, 11) is 1.82. The Morgan fingerprint density at radius 3 is 2.74 bits per heavy atom. The van der Waals surface area contributed by atoms with Gasteiger partial charge in [0.1, 0.15) is 0 Å². The molecule has 0 saturated carbocycles. The van der Waals surface area contributed by atoms with Gasteiger partial charge in [0.2, 0.25) is 0 Å². The molecule has 6 heteroatoms. The van der Waals surface area contributed by atoms with Gasteiger partial charge in [0, 0.05) is 25.7 Å². The van der Waals surface area contributed by atoms with Gasteiger partial charge in [-0.25, -0.2) is 8.78 Å². The molecule has 1 aromatic carbocycles. The van der Waals surface area contributed by atoms with Crippen LogP contribution in [0.2, 0.25) is 0 Å². The summed E-state index contributed by atoms with van der Waals surface area (Å²) in [5.74, 6) is 3.81. The van der Waals surface area contributed by atoms with E-state index in [-0.39, 0.29) is 6.04 Å². The lowest BCUT2D eigenvalue weighted by Crippen LogP contribution is -2.38. The number of rotatable bonds is 5. The van der Waals surface area contributed by atoms with Crippen molar-refractivity contribution in [1.29, 1.82) is 0 Å². The molecule has 3 N–H and O–H groups in total. The van der Waals surface area contributed by atoms with Gasteiger partial charge in [-0.15, -0.1) is 0 Å². The molecule has 1 atom stereocenters. The van der Waals surface area contributed by atoms with Gasteiger partial charge >= 0.3 is 0 Å². The van der Waals surface area contributed by atoms with Crippen molar-refractivity contribution in [2.45, 2.75) is 18.9 Å². The largest absolute Gasteiger partial charge is 0.276 e. The number of benzene rings is 1. The topological polar surface area (TPSA) is 55.9 Å². The molecule has 0 amide bonds. The van der Waals surface area contributed by atoms with Gasteiger partial charge in [-0.3, -0.25) is 16.0 Å². The quantitative estimate of drug-likeness (QED) is 0.634. The summed E-state index contributed by atoms with van der Waals surface area (Å²) < 4.78 is 28.4. The van der Waals surface area contributed by atoms with E-state index in [1.165, 1.54) is 6.07 Å². The Morgan fingerprint density at radius 2 is 2.11 bits per heavy atom. The molecule has 102 valence electrons. The molecule has 1 aromatic heterocycles. The number of nitrogens with zero attached hydrogens (tertiary/aromatic N) is 2. The van der Waals surface area contributed by atoms with Gasteiger partial charge in [-0.05, 0) is 24.1 Å². The molecule has 4 nitrogen and oxygen atoms in total. The zero-order valence-corrected chi connectivity index (χ0v) is 10.6. The lowest BCUT2D eigenvalue weighted by atomic mass is 10.0. The minimum atomic E-state index is -0.842. The van der Waals surface area contributed by atoms with Crippen LogP contribution in [-0.2, 0) is 19.9 Å². The van der Waals surface area contributed by atoms with Crippen molar-refractivity contribution in [3.8, 4) is 0 Å². The lowest BCUT2D eigenvalue weighted by Gasteiger charge is -2.15. The van der Waals surface area contributed by atoms with E-state index in [1.807, 2.05) is 19.3 Å². The Labute approximate surface area is 110 Å². The molecule has 1 unspecified atom stereocenters. The molecule has 19 heavy (non-hydrogen) atoms. The van der Waals surface area contributed by atoms with Crippen molar-refractivity contribution in [2.24, 2.45) is 12.9 Å². The summed E-state index contributed by atoms with van der Waals surface area (Å²) in [4.78, 5) is 0. The Kier molecular flexibility index (Phi) is 4.24. The summed E-state index contributed by atoms with van der Waals surface area (Å²) in [6.07, 6.45) is 2.68. The first kappa shape index (κ1) is 13.6. The molecule has 0 aliphatic carbocycles. The number of nitrogens with one attached hydrogen (secondary N) is 1. The van der Waals surface area contributed by atoms with Crippen LogP contribution < -0.4 is 11.3 Å². The number of hydrazine groups is 1. The molecule has 2 aromatic rings. The van der Waals surface area contributed by atoms with Crippen LogP contribution in [0.4, 0.5) is 8.78 Å². The Bertz CT molecular complexity index is 553. The average molecular weight is 266 g/mol. The number of aryl methyl sites for hydroxylation is 1. The number of hydrogen-bond acceptors (Lipinski definition) is 3. The van der Waals surface area contributed by atoms with Crippen molar-refractivity contribution < 1.29 is 8.78 Å². The van der Waals surface area contributed by atoms with Crippen LogP contribution in [0.15, 0.2) is 30.5 Å². The summed E-state index contributed by atoms with van der Waals surface area (Å²) in [5.41, 5.74) is 3.77. The Morgan fingerprint density at radius 1 is 1.32 bits per heavy atom. The monoisotopic (exact) mass is 266 g/mol. The number of nitrogens with two attached hydrogens (primary N) is 1. The first-order valence-electron chi connectivity index (χ1n) is 5.97. The summed E-state index contributed by atoms with van der Waals surface area (Å²) in [6.45, 7) is 0. The fourth-order valence-electron chi connectivity index (χ4n) is 1.99. The van der Waals surface area contributed by atoms with E-state index >= 15 is 0 Å². The van der Waals surface area contributed by atoms with E-state index in [0.29, 0.717) is 18.4 Å². The van der Waals surface area contributed by atoms with Crippen LogP contribution in [0.3, 0.4) is 0 Å². The van der Waals surface area contributed by atoms with E-state index in [0.717, 1.165) is 11.8 Å². The molecular formula is C13H16F2N4. The highest BCUT2D eigenvalue weighted by molar-refractivity contribution is 5.20. The van der Waals surface area contributed by atoms with Gasteiger partial charge in [0.25, 0.3) is 0 Å². The van der Waals surface area contributed by atoms with Crippen molar-refractivity contribution in [3.05, 3.63) is 53.4 Å². The summed E-state index contributed by atoms with van der Waals surface area (Å²) in [5, 5.41) is 4.23. The smallest absolute Gasteiger partial charge is 0.162 e. The number of aromatic nitrogens is 2. The van der Waals surface area contributed by atoms with E-state index in [2.05, 4.69) is 10.5 Å². The third-order valence-electron chi connectivity index (χ3n) is 2.96. The van der Waals surface area contributed by atoms with Gasteiger partial charge in [0.05, 0.1) is 5.69 Å². The first-order chi connectivity index (χ1) is 9.10. The van der Waals surface area contributed by atoms with Crippen LogP contribution in [0.1, 0.15) is 11.3 Å². The number of halogens is 2. The second-order valence-electron chi connectivity index (χ2n) is 4.47. The fourth-order valence-corrected chi connectivity index (χ4v) is 1.99. The average Bonchev–Trinajstić information content (AvgIpc) is 2.79. The molecule has 0 saturated heterocycles. The zero-order valence-electron chi connectivity index (χ0n) is 10.6. The maximum atomic E-state index is 13.6. The van der Waals surface area contributed by atoms with E-state index < -0.39 is 11.6 Å². The SMILES string of the molecule is Cn1ccc(CC(Cc2cccc(F)c2F)NN)n1. The van der Waals surface area contributed by atoms with Crippen molar-refractivity contribution in [1.82, 2.24) is 15.2 Å². The Hall–Kier alpha value is -1.79. The third kappa shape index (κ3) is 3.36. The highest BCUT2D eigenvalue weighted by atomic mass is 19.2. The lowest BCUT2D eigenvalue weighted by molar-refractivity contribution is 0.471. The molecule has 0 spiro atoms. The zero-order chi connectivity index (χ0) is 13.8. The molecule has 2 rings (SSSR count). The van der Waals surface area contributed by atoms with Gasteiger partial charge in [-0.1, -0.05) is 12.1 Å². The standard InChI is InChI=1S/C13H16F2N4/c1-19-6-5-10(18-19)8-11(17-16)7-9-3-2-4-12(14)13(9)15/h2-6,11,17H,7-8,16H2,1H3. The third-order valence-corrected chi connectivity index (χ3v) is 2.96. The van der Waals surface area contributed by atoms with Gasteiger partial charge in [0.15, 0.2) is 11.6 Å². The van der Waals surface area contributed by atoms with Crippen LogP contribution >= 0.6 is 0 Å². The molecular weight excluding hydrogens is 250 g/mol. The molecule has 0 fully saturated rings. The second-order valence-corrected chi connectivity index (χ2v) is 4.47. The first-order valence-corrected chi connectivity index (χ1v) is 5.97. The van der Waals surface area contributed by atoms with Crippen molar-refractivity contribution in [3.63, 3.8) is 0 Å². The Balaban J connectivity index is 2.08.